The lowest BCUT2D eigenvalue weighted by atomic mass is 10.0. The summed E-state index contributed by atoms with van der Waals surface area (Å²) in [5.74, 6) is -1.91. The van der Waals surface area contributed by atoms with Crippen LogP contribution >= 0.6 is 0 Å². The van der Waals surface area contributed by atoms with Gasteiger partial charge in [0.1, 0.15) is 18.3 Å². The molecule has 0 aromatic carbocycles. The zero-order valence-corrected chi connectivity index (χ0v) is 22.3. The standard InChI is InChI=1S/C20H33F3O9SSi/c1-9-27-14(24)10-12-15(29-17-16(12)30-19(5,6)31-17)13(32-33(25,26)20(21,22)23)11-28-34(7,8)18(2,3)4/h10,13,15-17H,9,11H2,1-8H3/b12-10-/t13-,15+,16-,17-/m1/s1. The van der Waals surface area contributed by atoms with Crippen molar-refractivity contribution in [3.05, 3.63) is 11.6 Å². The van der Waals surface area contributed by atoms with Crippen molar-refractivity contribution in [2.75, 3.05) is 13.2 Å². The Morgan fingerprint density at radius 2 is 1.79 bits per heavy atom. The molecule has 0 aromatic rings. The maximum atomic E-state index is 13.2. The van der Waals surface area contributed by atoms with Gasteiger partial charge in [-0.25, -0.2) is 4.79 Å². The van der Waals surface area contributed by atoms with E-state index in [0.717, 1.165) is 6.08 Å². The molecular weight excluding hydrogens is 501 g/mol. The second-order valence-corrected chi connectivity index (χ2v) is 16.4. The predicted octanol–water partition coefficient (Wildman–Crippen LogP) is 3.61. The summed E-state index contributed by atoms with van der Waals surface area (Å²) < 4.78 is 95.9. The number of fused-ring (bicyclic) bond motifs is 1. The zero-order chi connectivity index (χ0) is 26.3. The number of alkyl halides is 3. The molecule has 0 aromatic heterocycles. The van der Waals surface area contributed by atoms with Crippen LogP contribution in [-0.2, 0) is 42.5 Å². The van der Waals surface area contributed by atoms with Crippen LogP contribution in [0.3, 0.4) is 0 Å². The zero-order valence-electron chi connectivity index (χ0n) is 20.5. The summed E-state index contributed by atoms with van der Waals surface area (Å²) in [6.45, 7) is 13.7. The van der Waals surface area contributed by atoms with Crippen LogP contribution in [0.1, 0.15) is 41.5 Å². The minimum absolute atomic E-state index is 0.0373. The smallest absolute Gasteiger partial charge is 0.463 e. The fourth-order valence-corrected chi connectivity index (χ4v) is 4.72. The normalized spacial score (nSPS) is 27.6. The molecule has 2 rings (SSSR count). The van der Waals surface area contributed by atoms with Gasteiger partial charge < -0.3 is 23.4 Å². The Morgan fingerprint density at radius 1 is 1.21 bits per heavy atom. The highest BCUT2D eigenvalue weighted by Gasteiger charge is 2.57. The van der Waals surface area contributed by atoms with Crippen LogP contribution in [0.25, 0.3) is 0 Å². The quantitative estimate of drug-likeness (QED) is 0.152. The molecule has 2 aliphatic rings. The van der Waals surface area contributed by atoms with E-state index in [-0.39, 0.29) is 17.2 Å². The SMILES string of the molecule is CCOC(=O)/C=C1\[C@H]2OC(C)(C)O[C@H]2O[C@@H]1[C@@H](CO[Si](C)(C)C(C)(C)C)OS(=O)(=O)C(F)(F)F. The van der Waals surface area contributed by atoms with Gasteiger partial charge in [-0.2, -0.15) is 21.6 Å². The maximum Gasteiger partial charge on any atom is 0.523 e. The van der Waals surface area contributed by atoms with Gasteiger partial charge in [0.25, 0.3) is 0 Å². The number of halogens is 3. The average molecular weight is 535 g/mol. The molecule has 2 heterocycles. The molecule has 34 heavy (non-hydrogen) atoms. The molecule has 0 spiro atoms. The third-order valence-corrected chi connectivity index (χ3v) is 11.4. The maximum absolute atomic E-state index is 13.2. The minimum atomic E-state index is -6.02. The fraction of sp³-hybridized carbons (Fsp3) is 0.850. The van der Waals surface area contributed by atoms with Crippen molar-refractivity contribution in [3.63, 3.8) is 0 Å². The molecule has 0 aliphatic carbocycles. The number of ether oxygens (including phenoxy) is 4. The van der Waals surface area contributed by atoms with Gasteiger partial charge in [-0.3, -0.25) is 4.18 Å². The molecular formula is C20H33F3O9SSi. The van der Waals surface area contributed by atoms with Gasteiger partial charge in [0, 0.05) is 11.6 Å². The van der Waals surface area contributed by atoms with E-state index in [0.29, 0.717) is 0 Å². The highest BCUT2D eigenvalue weighted by molar-refractivity contribution is 7.87. The first-order valence-corrected chi connectivity index (χ1v) is 15.1. The van der Waals surface area contributed by atoms with Crippen LogP contribution in [0.2, 0.25) is 18.1 Å². The Balaban J connectivity index is 2.46. The highest BCUT2D eigenvalue weighted by atomic mass is 32.2. The molecule has 0 bridgehead atoms. The summed E-state index contributed by atoms with van der Waals surface area (Å²) in [5, 5.41) is -0.326. The van der Waals surface area contributed by atoms with Gasteiger partial charge in [-0.1, -0.05) is 20.8 Å². The van der Waals surface area contributed by atoms with Crippen molar-refractivity contribution >= 4 is 24.4 Å². The molecule has 0 amide bonds. The van der Waals surface area contributed by atoms with Crippen LogP contribution in [0.15, 0.2) is 11.6 Å². The summed E-state index contributed by atoms with van der Waals surface area (Å²) in [4.78, 5) is 12.2. The van der Waals surface area contributed by atoms with Crippen LogP contribution in [-0.4, -0.2) is 71.8 Å². The first-order chi connectivity index (χ1) is 15.2. The third kappa shape index (κ3) is 6.59. The lowest BCUT2D eigenvalue weighted by Crippen LogP contribution is -2.47. The first kappa shape index (κ1) is 29.2. The van der Waals surface area contributed by atoms with Crippen LogP contribution in [0, 0.1) is 0 Å². The summed E-state index contributed by atoms with van der Waals surface area (Å²) in [6.07, 6.45) is -4.31. The average Bonchev–Trinajstić information content (AvgIpc) is 3.09. The summed E-state index contributed by atoms with van der Waals surface area (Å²) in [7, 11) is -8.56. The summed E-state index contributed by atoms with van der Waals surface area (Å²) >= 11 is 0. The lowest BCUT2D eigenvalue weighted by molar-refractivity contribution is -0.208. The Morgan fingerprint density at radius 3 is 2.29 bits per heavy atom. The molecule has 4 atom stereocenters. The van der Waals surface area contributed by atoms with Crippen molar-refractivity contribution in [3.8, 4) is 0 Å². The Labute approximate surface area is 199 Å². The van der Waals surface area contributed by atoms with Gasteiger partial charge in [-0.05, 0) is 38.9 Å². The van der Waals surface area contributed by atoms with Crippen molar-refractivity contribution in [2.24, 2.45) is 0 Å². The predicted molar refractivity (Wildman–Crippen MR) is 116 cm³/mol. The molecule has 9 nitrogen and oxygen atoms in total. The molecule has 0 saturated carbocycles. The molecule has 0 radical (unpaired) electrons. The van der Waals surface area contributed by atoms with E-state index in [1.54, 1.807) is 20.8 Å². The van der Waals surface area contributed by atoms with Gasteiger partial charge in [-0.15, -0.1) is 0 Å². The number of carbonyl (C=O) groups excluding carboxylic acids is 1. The van der Waals surface area contributed by atoms with E-state index < -0.39 is 66.9 Å². The van der Waals surface area contributed by atoms with E-state index in [9.17, 15) is 26.4 Å². The van der Waals surface area contributed by atoms with Gasteiger partial charge in [0.05, 0.1) is 13.2 Å². The van der Waals surface area contributed by atoms with Gasteiger partial charge in [0.2, 0.25) is 0 Å². The Bertz CT molecular complexity index is 894. The van der Waals surface area contributed by atoms with E-state index in [4.69, 9.17) is 23.4 Å². The topological polar surface area (TPSA) is 107 Å². The van der Waals surface area contributed by atoms with E-state index in [2.05, 4.69) is 4.18 Å². The molecule has 14 heteroatoms. The molecule has 2 saturated heterocycles. The first-order valence-electron chi connectivity index (χ1n) is 10.7. The van der Waals surface area contributed by atoms with E-state index in [1.165, 1.54) is 0 Å². The monoisotopic (exact) mass is 534 g/mol. The Hall–Kier alpha value is -1.03. The van der Waals surface area contributed by atoms with Crippen molar-refractivity contribution < 1.29 is 53.9 Å². The van der Waals surface area contributed by atoms with Crippen molar-refractivity contribution in [1.82, 2.24) is 0 Å². The van der Waals surface area contributed by atoms with Gasteiger partial charge >= 0.3 is 21.6 Å². The third-order valence-electron chi connectivity index (χ3n) is 5.85. The summed E-state index contributed by atoms with van der Waals surface area (Å²) in [5.41, 5.74) is -5.63. The number of hydrogen-bond acceptors (Lipinski definition) is 9. The minimum Gasteiger partial charge on any atom is -0.463 e. The van der Waals surface area contributed by atoms with Crippen LogP contribution < -0.4 is 0 Å². The molecule has 198 valence electrons. The number of esters is 1. The Kier molecular flexibility index (Phi) is 8.40. The number of carbonyl (C=O) groups is 1. The largest absolute Gasteiger partial charge is 0.523 e. The molecule has 2 aliphatic heterocycles. The molecule has 0 N–H and O–H groups in total. The van der Waals surface area contributed by atoms with Crippen molar-refractivity contribution in [1.29, 1.82) is 0 Å². The van der Waals surface area contributed by atoms with Gasteiger partial charge in [0.15, 0.2) is 20.4 Å². The highest BCUT2D eigenvalue weighted by Crippen LogP contribution is 2.43. The number of hydrogen-bond donors (Lipinski definition) is 0. The summed E-state index contributed by atoms with van der Waals surface area (Å²) in [6, 6.07) is 0. The van der Waals surface area contributed by atoms with Crippen LogP contribution in [0.5, 0.6) is 0 Å². The van der Waals surface area contributed by atoms with E-state index in [1.807, 2.05) is 33.9 Å². The number of rotatable bonds is 8. The second-order valence-electron chi connectivity index (χ2n) is 9.98. The fourth-order valence-electron chi connectivity index (χ4n) is 3.12. The molecule has 0 unspecified atom stereocenters. The molecule has 2 fully saturated rings. The second kappa shape index (κ2) is 9.79. The van der Waals surface area contributed by atoms with E-state index >= 15 is 0 Å². The lowest BCUT2D eigenvalue weighted by Gasteiger charge is -2.38. The van der Waals surface area contributed by atoms with Crippen molar-refractivity contribution in [2.45, 2.75) is 95.6 Å². The van der Waals surface area contributed by atoms with Crippen LogP contribution in [0.4, 0.5) is 13.2 Å².